The Bertz CT molecular complexity index is 820. The molecule has 0 spiro atoms. The van der Waals surface area contributed by atoms with E-state index in [1.165, 1.54) is 16.3 Å². The summed E-state index contributed by atoms with van der Waals surface area (Å²) in [5.74, 6) is 0. The van der Waals surface area contributed by atoms with Crippen LogP contribution in [-0.4, -0.2) is 16.7 Å². The van der Waals surface area contributed by atoms with Crippen LogP contribution in [0.15, 0.2) is 72.8 Å². The molecule has 0 aliphatic heterocycles. The highest BCUT2D eigenvalue weighted by molar-refractivity contribution is 5.85. The van der Waals surface area contributed by atoms with E-state index in [1.807, 2.05) is 30.3 Å². The second kappa shape index (κ2) is 7.38. The zero-order valence-corrected chi connectivity index (χ0v) is 15.2. The maximum absolute atomic E-state index is 10.8. The summed E-state index contributed by atoms with van der Waals surface area (Å²) in [6, 6.07) is 25.1. The van der Waals surface area contributed by atoms with Gasteiger partial charge in [-0.15, -0.1) is 0 Å². The van der Waals surface area contributed by atoms with Crippen LogP contribution in [0.1, 0.15) is 38.0 Å². The molecule has 0 heterocycles. The standard InChI is InChI=1S/C23H27NO/c1-17(16-20-14-9-13-18-10-7-8-15-21(18)20)24-23(2,3)22(25)19-11-5-4-6-12-19/h4-15,17,22,24-25H,16H2,1-3H3. The number of benzene rings is 3. The van der Waals surface area contributed by atoms with Gasteiger partial charge in [0.25, 0.3) is 0 Å². The first kappa shape index (κ1) is 17.7. The van der Waals surface area contributed by atoms with Crippen LogP contribution in [0.3, 0.4) is 0 Å². The molecule has 130 valence electrons. The number of aliphatic hydroxyl groups excluding tert-OH is 1. The van der Waals surface area contributed by atoms with Crippen molar-refractivity contribution in [1.29, 1.82) is 0 Å². The van der Waals surface area contributed by atoms with E-state index in [2.05, 4.69) is 68.6 Å². The molecule has 3 aromatic carbocycles. The lowest BCUT2D eigenvalue weighted by Gasteiger charge is -2.35. The van der Waals surface area contributed by atoms with Crippen LogP contribution in [0.25, 0.3) is 10.8 Å². The molecule has 2 heteroatoms. The van der Waals surface area contributed by atoms with Gasteiger partial charge in [0, 0.05) is 11.6 Å². The van der Waals surface area contributed by atoms with Crippen molar-refractivity contribution < 1.29 is 5.11 Å². The number of hydrogen-bond acceptors (Lipinski definition) is 2. The van der Waals surface area contributed by atoms with Gasteiger partial charge < -0.3 is 10.4 Å². The van der Waals surface area contributed by atoms with Gasteiger partial charge in [0.15, 0.2) is 0 Å². The van der Waals surface area contributed by atoms with Crippen molar-refractivity contribution in [3.63, 3.8) is 0 Å². The van der Waals surface area contributed by atoms with Crippen molar-refractivity contribution in [3.8, 4) is 0 Å². The Labute approximate surface area is 150 Å². The van der Waals surface area contributed by atoms with Gasteiger partial charge in [-0.05, 0) is 49.1 Å². The summed E-state index contributed by atoms with van der Waals surface area (Å²) in [5, 5.41) is 17.0. The number of fused-ring (bicyclic) bond motifs is 1. The van der Waals surface area contributed by atoms with Crippen molar-refractivity contribution in [1.82, 2.24) is 5.32 Å². The predicted molar refractivity (Wildman–Crippen MR) is 106 cm³/mol. The van der Waals surface area contributed by atoms with E-state index in [9.17, 15) is 5.11 Å². The molecule has 25 heavy (non-hydrogen) atoms. The third kappa shape index (κ3) is 4.09. The summed E-state index contributed by atoms with van der Waals surface area (Å²) in [7, 11) is 0. The summed E-state index contributed by atoms with van der Waals surface area (Å²) in [5.41, 5.74) is 1.87. The summed E-state index contributed by atoms with van der Waals surface area (Å²) in [4.78, 5) is 0. The Morgan fingerprint density at radius 2 is 1.52 bits per heavy atom. The van der Waals surface area contributed by atoms with E-state index in [0.717, 1.165) is 12.0 Å². The van der Waals surface area contributed by atoms with Crippen LogP contribution in [0.5, 0.6) is 0 Å². The fourth-order valence-electron chi connectivity index (χ4n) is 3.62. The normalized spacial score (nSPS) is 14.4. The Hall–Kier alpha value is -2.16. The molecule has 0 aliphatic carbocycles. The van der Waals surface area contributed by atoms with Gasteiger partial charge in [0.2, 0.25) is 0 Å². The van der Waals surface area contributed by atoms with Crippen LogP contribution < -0.4 is 5.32 Å². The van der Waals surface area contributed by atoms with Gasteiger partial charge >= 0.3 is 0 Å². The topological polar surface area (TPSA) is 32.3 Å². The second-order valence-electron chi connectivity index (χ2n) is 7.42. The van der Waals surface area contributed by atoms with Gasteiger partial charge in [-0.1, -0.05) is 72.8 Å². The Kier molecular flexibility index (Phi) is 5.22. The maximum atomic E-state index is 10.8. The second-order valence-corrected chi connectivity index (χ2v) is 7.42. The average Bonchev–Trinajstić information content (AvgIpc) is 2.61. The molecule has 2 N–H and O–H groups in total. The average molecular weight is 333 g/mol. The first-order valence-corrected chi connectivity index (χ1v) is 8.95. The minimum Gasteiger partial charge on any atom is -0.387 e. The Balaban J connectivity index is 1.74. The van der Waals surface area contributed by atoms with E-state index < -0.39 is 11.6 Å². The van der Waals surface area contributed by atoms with Crippen LogP contribution in [-0.2, 0) is 6.42 Å². The molecule has 0 saturated heterocycles. The quantitative estimate of drug-likeness (QED) is 0.674. The van der Waals surface area contributed by atoms with Crippen molar-refractivity contribution in [2.75, 3.05) is 0 Å². The molecule has 0 aromatic heterocycles. The van der Waals surface area contributed by atoms with Crippen LogP contribution >= 0.6 is 0 Å². The zero-order chi connectivity index (χ0) is 17.9. The minimum absolute atomic E-state index is 0.249. The zero-order valence-electron chi connectivity index (χ0n) is 15.2. The van der Waals surface area contributed by atoms with Gasteiger partial charge in [0.05, 0.1) is 6.10 Å². The SMILES string of the molecule is CC(Cc1cccc2ccccc12)NC(C)(C)C(O)c1ccccc1. The highest BCUT2D eigenvalue weighted by atomic mass is 16.3. The molecule has 0 radical (unpaired) electrons. The number of hydrogen-bond donors (Lipinski definition) is 2. The molecule has 0 bridgehead atoms. The van der Waals surface area contributed by atoms with E-state index >= 15 is 0 Å². The first-order chi connectivity index (χ1) is 12.0. The molecule has 2 unspecified atom stereocenters. The molecule has 0 fully saturated rings. The molecular formula is C23H27NO. The van der Waals surface area contributed by atoms with Gasteiger partial charge in [-0.3, -0.25) is 0 Å². The fraction of sp³-hybridized carbons (Fsp3) is 0.304. The smallest absolute Gasteiger partial charge is 0.0966 e. The molecule has 2 nitrogen and oxygen atoms in total. The maximum Gasteiger partial charge on any atom is 0.0966 e. The molecule has 0 aliphatic rings. The van der Waals surface area contributed by atoms with Crippen molar-refractivity contribution in [3.05, 3.63) is 83.9 Å². The van der Waals surface area contributed by atoms with E-state index in [-0.39, 0.29) is 6.04 Å². The van der Waals surface area contributed by atoms with Crippen molar-refractivity contribution in [2.24, 2.45) is 0 Å². The molecular weight excluding hydrogens is 306 g/mol. The summed E-state index contributed by atoms with van der Waals surface area (Å²) in [6.45, 7) is 6.30. The number of aliphatic hydroxyl groups is 1. The van der Waals surface area contributed by atoms with E-state index in [1.54, 1.807) is 0 Å². The summed E-state index contributed by atoms with van der Waals surface area (Å²) in [6.07, 6.45) is 0.371. The summed E-state index contributed by atoms with van der Waals surface area (Å²) >= 11 is 0. The monoisotopic (exact) mass is 333 g/mol. The van der Waals surface area contributed by atoms with Crippen LogP contribution in [0.2, 0.25) is 0 Å². The molecule has 3 aromatic rings. The third-order valence-corrected chi connectivity index (χ3v) is 4.82. The predicted octanol–water partition coefficient (Wildman–Crippen LogP) is 4.87. The number of rotatable bonds is 6. The molecule has 3 rings (SSSR count). The molecule has 0 saturated carbocycles. The van der Waals surface area contributed by atoms with Gasteiger partial charge in [0.1, 0.15) is 0 Å². The minimum atomic E-state index is -0.552. The fourth-order valence-corrected chi connectivity index (χ4v) is 3.62. The summed E-state index contributed by atoms with van der Waals surface area (Å²) < 4.78 is 0. The lowest BCUT2D eigenvalue weighted by Crippen LogP contribution is -2.49. The van der Waals surface area contributed by atoms with Crippen LogP contribution in [0.4, 0.5) is 0 Å². The Morgan fingerprint density at radius 3 is 2.28 bits per heavy atom. The highest BCUT2D eigenvalue weighted by Gasteiger charge is 2.30. The lowest BCUT2D eigenvalue weighted by molar-refractivity contribution is 0.0734. The molecule has 0 amide bonds. The first-order valence-electron chi connectivity index (χ1n) is 8.95. The van der Waals surface area contributed by atoms with Crippen LogP contribution in [0, 0.1) is 0 Å². The van der Waals surface area contributed by atoms with Gasteiger partial charge in [-0.2, -0.15) is 0 Å². The lowest BCUT2D eigenvalue weighted by atomic mass is 9.89. The van der Waals surface area contributed by atoms with E-state index in [0.29, 0.717) is 0 Å². The largest absolute Gasteiger partial charge is 0.387 e. The van der Waals surface area contributed by atoms with Gasteiger partial charge in [-0.25, -0.2) is 0 Å². The van der Waals surface area contributed by atoms with Crippen molar-refractivity contribution >= 4 is 10.8 Å². The molecule has 2 atom stereocenters. The Morgan fingerprint density at radius 1 is 0.880 bits per heavy atom. The van der Waals surface area contributed by atoms with E-state index in [4.69, 9.17) is 0 Å². The third-order valence-electron chi connectivity index (χ3n) is 4.82. The van der Waals surface area contributed by atoms with Crippen molar-refractivity contribution in [2.45, 2.75) is 44.9 Å². The highest BCUT2D eigenvalue weighted by Crippen LogP contribution is 2.27. The number of nitrogens with one attached hydrogen (secondary N) is 1.